The van der Waals surface area contributed by atoms with Gasteiger partial charge in [-0.3, -0.25) is 0 Å². The molecule has 1 saturated heterocycles. The second kappa shape index (κ2) is 9.59. The third-order valence-electron chi connectivity index (χ3n) is 5.05. The number of ether oxygens (including phenoxy) is 3. The first-order chi connectivity index (χ1) is 14.7. The van der Waals surface area contributed by atoms with Crippen molar-refractivity contribution in [2.75, 3.05) is 13.2 Å². The van der Waals surface area contributed by atoms with Crippen molar-refractivity contribution in [3.63, 3.8) is 0 Å². The molecular weight excluding hydrogens is 380 g/mol. The Morgan fingerprint density at radius 1 is 1.23 bits per heavy atom. The molecule has 0 spiro atoms. The van der Waals surface area contributed by atoms with E-state index in [1.807, 2.05) is 53.2 Å². The van der Waals surface area contributed by atoms with Crippen LogP contribution in [0.2, 0.25) is 0 Å². The Bertz CT molecular complexity index is 1020. The molecule has 0 bridgehead atoms. The first-order valence-corrected chi connectivity index (χ1v) is 10.4. The molecule has 30 heavy (non-hydrogen) atoms. The van der Waals surface area contributed by atoms with Gasteiger partial charge in [0.15, 0.2) is 6.23 Å². The van der Waals surface area contributed by atoms with E-state index in [1.165, 1.54) is 6.08 Å². The summed E-state index contributed by atoms with van der Waals surface area (Å²) in [6.45, 7) is 3.35. The quantitative estimate of drug-likeness (QED) is 0.413. The molecule has 1 atom stereocenters. The number of carbonyl (C=O) groups is 1. The number of aromatic nitrogens is 2. The lowest BCUT2D eigenvalue weighted by molar-refractivity contribution is -0.137. The van der Waals surface area contributed by atoms with Crippen LogP contribution in [0, 0.1) is 0 Å². The molecule has 1 aliphatic heterocycles. The van der Waals surface area contributed by atoms with Gasteiger partial charge in [-0.1, -0.05) is 30.3 Å². The summed E-state index contributed by atoms with van der Waals surface area (Å²) in [7, 11) is 0. The molecule has 0 saturated carbocycles. The van der Waals surface area contributed by atoms with Gasteiger partial charge in [-0.15, -0.1) is 0 Å². The average molecular weight is 406 g/mol. The SMILES string of the molecule is CCOC(=O)/C=C/c1nn(C2CCCCO2)c2cc(OCc3ccccc3)ccc12. The molecule has 2 heterocycles. The summed E-state index contributed by atoms with van der Waals surface area (Å²) >= 11 is 0. The smallest absolute Gasteiger partial charge is 0.330 e. The molecule has 0 N–H and O–H groups in total. The van der Waals surface area contributed by atoms with Gasteiger partial charge in [0.1, 0.15) is 12.4 Å². The van der Waals surface area contributed by atoms with E-state index in [4.69, 9.17) is 19.3 Å². The fraction of sp³-hybridized carbons (Fsp3) is 0.333. The zero-order valence-electron chi connectivity index (χ0n) is 17.1. The number of rotatable bonds is 7. The van der Waals surface area contributed by atoms with E-state index in [2.05, 4.69) is 0 Å². The second-order valence-corrected chi connectivity index (χ2v) is 7.19. The minimum Gasteiger partial charge on any atom is -0.489 e. The monoisotopic (exact) mass is 406 g/mol. The summed E-state index contributed by atoms with van der Waals surface area (Å²) in [4.78, 5) is 11.7. The minimum absolute atomic E-state index is 0.115. The van der Waals surface area contributed by atoms with Crippen molar-refractivity contribution < 1.29 is 19.0 Å². The Kier molecular flexibility index (Phi) is 6.44. The molecule has 1 fully saturated rings. The maximum atomic E-state index is 11.7. The van der Waals surface area contributed by atoms with Crippen molar-refractivity contribution in [2.24, 2.45) is 0 Å². The maximum Gasteiger partial charge on any atom is 0.330 e. The van der Waals surface area contributed by atoms with Crippen LogP contribution in [-0.2, 0) is 20.9 Å². The van der Waals surface area contributed by atoms with Gasteiger partial charge < -0.3 is 14.2 Å². The minimum atomic E-state index is -0.378. The lowest BCUT2D eigenvalue weighted by Gasteiger charge is -2.23. The third kappa shape index (κ3) is 4.71. The molecule has 4 rings (SSSR count). The predicted octanol–water partition coefficient (Wildman–Crippen LogP) is 4.89. The maximum absolute atomic E-state index is 11.7. The van der Waals surface area contributed by atoms with Gasteiger partial charge >= 0.3 is 5.97 Å². The van der Waals surface area contributed by atoms with Crippen molar-refractivity contribution in [3.8, 4) is 5.75 Å². The number of esters is 1. The van der Waals surface area contributed by atoms with E-state index >= 15 is 0 Å². The number of hydrogen-bond acceptors (Lipinski definition) is 5. The molecule has 1 unspecified atom stereocenters. The van der Waals surface area contributed by atoms with Crippen LogP contribution in [0.5, 0.6) is 5.75 Å². The van der Waals surface area contributed by atoms with Crippen LogP contribution in [0.3, 0.4) is 0 Å². The molecule has 3 aromatic rings. The first kappa shape index (κ1) is 20.2. The summed E-state index contributed by atoms with van der Waals surface area (Å²) in [5.74, 6) is 0.390. The van der Waals surface area contributed by atoms with Crippen LogP contribution in [0.4, 0.5) is 0 Å². The van der Waals surface area contributed by atoms with Gasteiger partial charge in [-0.2, -0.15) is 5.10 Å². The van der Waals surface area contributed by atoms with E-state index in [9.17, 15) is 4.79 Å². The molecule has 1 aliphatic rings. The van der Waals surface area contributed by atoms with Crippen LogP contribution >= 0.6 is 0 Å². The first-order valence-electron chi connectivity index (χ1n) is 10.4. The Morgan fingerprint density at radius 2 is 2.10 bits per heavy atom. The van der Waals surface area contributed by atoms with Gasteiger partial charge in [0, 0.05) is 24.1 Å². The Hall–Kier alpha value is -3.12. The van der Waals surface area contributed by atoms with Crippen LogP contribution in [0.25, 0.3) is 17.0 Å². The fourth-order valence-electron chi connectivity index (χ4n) is 3.57. The van der Waals surface area contributed by atoms with E-state index in [1.54, 1.807) is 13.0 Å². The summed E-state index contributed by atoms with van der Waals surface area (Å²) in [5, 5.41) is 5.69. The van der Waals surface area contributed by atoms with Crippen LogP contribution in [-0.4, -0.2) is 29.0 Å². The van der Waals surface area contributed by atoms with E-state index in [0.29, 0.717) is 18.9 Å². The highest BCUT2D eigenvalue weighted by atomic mass is 16.5. The molecule has 0 radical (unpaired) electrons. The van der Waals surface area contributed by atoms with Gasteiger partial charge in [-0.05, 0) is 50.0 Å². The summed E-state index contributed by atoms with van der Waals surface area (Å²) in [6.07, 6.45) is 6.07. The number of carbonyl (C=O) groups excluding carboxylic acids is 1. The molecule has 6 heteroatoms. The van der Waals surface area contributed by atoms with Crippen molar-refractivity contribution in [3.05, 3.63) is 65.9 Å². The lowest BCUT2D eigenvalue weighted by Crippen LogP contribution is -2.19. The van der Waals surface area contributed by atoms with Crippen LogP contribution < -0.4 is 4.74 Å². The lowest BCUT2D eigenvalue weighted by atomic mass is 10.1. The Labute approximate surface area is 176 Å². The Balaban J connectivity index is 1.64. The van der Waals surface area contributed by atoms with E-state index in [-0.39, 0.29) is 12.2 Å². The number of nitrogens with zero attached hydrogens (tertiary/aromatic N) is 2. The molecule has 6 nitrogen and oxygen atoms in total. The van der Waals surface area contributed by atoms with Crippen molar-refractivity contribution in [1.82, 2.24) is 9.78 Å². The van der Waals surface area contributed by atoms with Crippen LogP contribution in [0.15, 0.2) is 54.6 Å². The normalized spacial score (nSPS) is 16.8. The zero-order valence-corrected chi connectivity index (χ0v) is 17.1. The van der Waals surface area contributed by atoms with Crippen molar-refractivity contribution >= 4 is 22.9 Å². The van der Waals surface area contributed by atoms with E-state index < -0.39 is 0 Å². The van der Waals surface area contributed by atoms with Crippen molar-refractivity contribution in [1.29, 1.82) is 0 Å². The van der Waals surface area contributed by atoms with Gasteiger partial charge in [-0.25, -0.2) is 9.48 Å². The van der Waals surface area contributed by atoms with Crippen molar-refractivity contribution in [2.45, 2.75) is 39.0 Å². The molecule has 2 aromatic carbocycles. The summed E-state index contributed by atoms with van der Waals surface area (Å²) < 4.78 is 18.9. The highest BCUT2D eigenvalue weighted by Crippen LogP contribution is 2.31. The second-order valence-electron chi connectivity index (χ2n) is 7.19. The van der Waals surface area contributed by atoms with Crippen LogP contribution in [0.1, 0.15) is 43.7 Å². The number of hydrogen-bond donors (Lipinski definition) is 0. The number of fused-ring (bicyclic) bond motifs is 1. The number of benzene rings is 2. The molecule has 0 aliphatic carbocycles. The van der Waals surface area contributed by atoms with E-state index in [0.717, 1.165) is 48.1 Å². The topological polar surface area (TPSA) is 62.6 Å². The van der Waals surface area contributed by atoms with Gasteiger partial charge in [0.05, 0.1) is 17.8 Å². The molecule has 0 amide bonds. The highest BCUT2D eigenvalue weighted by Gasteiger charge is 2.21. The Morgan fingerprint density at radius 3 is 2.87 bits per heavy atom. The predicted molar refractivity (Wildman–Crippen MR) is 115 cm³/mol. The summed E-state index contributed by atoms with van der Waals surface area (Å²) in [5.41, 5.74) is 2.75. The summed E-state index contributed by atoms with van der Waals surface area (Å²) in [6, 6.07) is 16.0. The highest BCUT2D eigenvalue weighted by molar-refractivity contribution is 5.93. The fourth-order valence-corrected chi connectivity index (χ4v) is 3.57. The molecule has 156 valence electrons. The molecule has 1 aromatic heterocycles. The van der Waals surface area contributed by atoms with Gasteiger partial charge in [0.2, 0.25) is 0 Å². The standard InChI is InChI=1S/C24H26N2O4/c1-2-28-24(27)14-13-21-20-12-11-19(30-17-18-8-4-3-5-9-18)16-22(20)26(25-21)23-10-6-7-15-29-23/h3-5,8-9,11-14,16,23H,2,6-7,10,15,17H2,1H3/b14-13+. The third-order valence-corrected chi connectivity index (χ3v) is 5.05. The molecular formula is C24H26N2O4. The average Bonchev–Trinajstić information content (AvgIpc) is 3.16. The van der Waals surface area contributed by atoms with Gasteiger partial charge in [0.25, 0.3) is 0 Å². The zero-order chi connectivity index (χ0) is 20.8. The largest absolute Gasteiger partial charge is 0.489 e.